The lowest BCUT2D eigenvalue weighted by atomic mass is 9.84. The minimum atomic E-state index is -0.117. The molecule has 0 heterocycles. The molecule has 0 aromatic heterocycles. The molecule has 0 saturated carbocycles. The molecule has 0 aliphatic heterocycles. The van der Waals surface area contributed by atoms with E-state index in [1.165, 1.54) is 0 Å². The summed E-state index contributed by atoms with van der Waals surface area (Å²) in [7, 11) is 2.11. The van der Waals surface area contributed by atoms with Crippen molar-refractivity contribution < 1.29 is 9.47 Å². The topological polar surface area (TPSA) is 30.5 Å². The first-order valence-corrected chi connectivity index (χ1v) is 11.6. The Morgan fingerprint density at radius 3 is 1.13 bits per heavy atom. The number of hydrogen-bond acceptors (Lipinski definition) is 3. The first-order valence-electron chi connectivity index (χ1n) is 9.64. The zero-order valence-corrected chi connectivity index (χ0v) is 21.6. The molecule has 0 aromatic rings. The minimum Gasteiger partial charge on any atom is -0.374 e. The third-order valence-corrected chi connectivity index (χ3v) is 10.6. The van der Waals surface area contributed by atoms with E-state index in [-0.39, 0.29) is 21.5 Å². The van der Waals surface area contributed by atoms with Crippen LogP contribution in [-0.4, -0.2) is 55.2 Å². The van der Waals surface area contributed by atoms with Crippen LogP contribution in [0.15, 0.2) is 0 Å². The fourth-order valence-corrected chi connectivity index (χ4v) is 6.34. The summed E-state index contributed by atoms with van der Waals surface area (Å²) in [4.78, 5) is 0. The van der Waals surface area contributed by atoms with Crippen LogP contribution in [0.1, 0.15) is 81.1 Å². The maximum atomic E-state index is 6.28. The van der Waals surface area contributed by atoms with E-state index >= 15 is 0 Å². The van der Waals surface area contributed by atoms with Gasteiger partial charge in [0.25, 0.3) is 0 Å². The van der Waals surface area contributed by atoms with Gasteiger partial charge in [-0.05, 0) is 53.4 Å². The van der Waals surface area contributed by atoms with Gasteiger partial charge in [-0.3, -0.25) is 0 Å². The number of nitrogens with one attached hydrogen (secondary N) is 1. The van der Waals surface area contributed by atoms with Gasteiger partial charge >= 0.3 is 0 Å². The predicted octanol–water partition coefficient (Wildman–Crippen LogP) is 1.93. The van der Waals surface area contributed by atoms with Crippen molar-refractivity contribution in [3.8, 4) is 0 Å². The van der Waals surface area contributed by atoms with Crippen LogP contribution in [0.2, 0.25) is 0 Å². The van der Waals surface area contributed by atoms with Gasteiger partial charge in [-0.25, -0.2) is 0 Å². The zero-order chi connectivity index (χ0) is 18.4. The largest absolute Gasteiger partial charge is 0.374 e. The molecule has 0 aromatic carbocycles. The highest BCUT2D eigenvalue weighted by molar-refractivity contribution is 6.19. The summed E-state index contributed by atoms with van der Waals surface area (Å²) < 4.78 is 12.6. The van der Waals surface area contributed by atoms with Crippen LogP contribution in [-0.2, 0) is 9.47 Å². The molecular weight excluding hydrogens is 318 g/mol. The van der Waals surface area contributed by atoms with Gasteiger partial charge in [0.2, 0.25) is 0 Å². The standard InChI is InChI=1S/C18H43NO2Si2/c1-9-15(7,20-13-5)17(22,11-3)19-18(23,12-4)16(8,10-2)21-14-6/h19H,9-14H2,1-8,22-23H3. The van der Waals surface area contributed by atoms with E-state index in [4.69, 9.17) is 9.47 Å². The summed E-state index contributed by atoms with van der Waals surface area (Å²) in [5.41, 5.74) is -0.233. The summed E-state index contributed by atoms with van der Waals surface area (Å²) in [5.74, 6) is 0. The van der Waals surface area contributed by atoms with Gasteiger partial charge in [0.15, 0.2) is 0 Å². The van der Waals surface area contributed by atoms with E-state index in [2.05, 4.69) is 60.7 Å². The molecule has 1 N–H and O–H groups in total. The van der Waals surface area contributed by atoms with Crippen molar-refractivity contribution in [2.75, 3.05) is 13.2 Å². The van der Waals surface area contributed by atoms with Gasteiger partial charge < -0.3 is 14.8 Å². The Morgan fingerprint density at radius 2 is 0.957 bits per heavy atom. The molecule has 5 heteroatoms. The van der Waals surface area contributed by atoms with Crippen LogP contribution >= 0.6 is 0 Å². The van der Waals surface area contributed by atoms with Gasteiger partial charge in [-0.2, -0.15) is 0 Å². The maximum Gasteiger partial charge on any atom is 0.0794 e. The monoisotopic (exact) mass is 361 g/mol. The molecule has 0 aliphatic rings. The lowest BCUT2D eigenvalue weighted by Crippen LogP contribution is -2.74. The predicted molar refractivity (Wildman–Crippen MR) is 110 cm³/mol. The van der Waals surface area contributed by atoms with Gasteiger partial charge in [0.05, 0.1) is 11.2 Å². The number of hydrogen-bond donors (Lipinski definition) is 1. The van der Waals surface area contributed by atoms with Crippen molar-refractivity contribution >= 4 is 20.5 Å². The van der Waals surface area contributed by atoms with Crippen molar-refractivity contribution in [2.45, 2.75) is 103 Å². The fourth-order valence-electron chi connectivity index (χ4n) is 3.74. The first kappa shape index (κ1) is 23.3. The molecule has 4 unspecified atom stereocenters. The van der Waals surface area contributed by atoms with Gasteiger partial charge in [0.1, 0.15) is 0 Å². The van der Waals surface area contributed by atoms with E-state index in [0.29, 0.717) is 0 Å². The Hall–Kier alpha value is 0.314. The van der Waals surface area contributed by atoms with E-state index in [0.717, 1.165) is 59.4 Å². The van der Waals surface area contributed by atoms with Crippen molar-refractivity contribution in [1.82, 2.24) is 5.32 Å². The first-order chi connectivity index (χ1) is 10.6. The molecule has 3 nitrogen and oxygen atoms in total. The van der Waals surface area contributed by atoms with Gasteiger partial charge in [-0.15, -0.1) is 0 Å². The summed E-state index contributed by atoms with van der Waals surface area (Å²) in [6.45, 7) is 19.4. The zero-order valence-electron chi connectivity index (χ0n) is 17.6. The highest BCUT2D eigenvalue weighted by Crippen LogP contribution is 2.37. The second-order valence-corrected chi connectivity index (χ2v) is 10.9. The molecule has 0 rings (SSSR count). The Labute approximate surface area is 151 Å². The molecule has 0 aliphatic carbocycles. The second-order valence-electron chi connectivity index (χ2n) is 7.53. The molecular formula is C18H43NO2Si2. The van der Waals surface area contributed by atoms with E-state index in [1.54, 1.807) is 0 Å². The molecule has 0 bridgehead atoms. The van der Waals surface area contributed by atoms with Gasteiger partial charge in [-0.1, -0.05) is 27.7 Å². The molecule has 0 fully saturated rings. The molecule has 0 amide bonds. The molecule has 0 saturated heterocycles. The van der Waals surface area contributed by atoms with Crippen LogP contribution in [0, 0.1) is 0 Å². The molecule has 4 atom stereocenters. The van der Waals surface area contributed by atoms with Crippen LogP contribution in [0.5, 0.6) is 0 Å². The Balaban J connectivity index is 5.79. The lowest BCUT2D eigenvalue weighted by molar-refractivity contribution is -0.108. The Morgan fingerprint density at radius 1 is 0.652 bits per heavy atom. The smallest absolute Gasteiger partial charge is 0.0794 e. The third-order valence-electron chi connectivity index (χ3n) is 6.58. The van der Waals surface area contributed by atoms with E-state index in [9.17, 15) is 0 Å². The normalized spacial score (nSPS) is 23.0. The van der Waals surface area contributed by atoms with Crippen molar-refractivity contribution in [3.63, 3.8) is 0 Å². The molecule has 140 valence electrons. The summed E-state index contributed by atoms with van der Waals surface area (Å²) in [6, 6.07) is 0. The Kier molecular flexibility index (Phi) is 9.26. The highest BCUT2D eigenvalue weighted by atomic mass is 28.2. The highest BCUT2D eigenvalue weighted by Gasteiger charge is 2.51. The fraction of sp³-hybridized carbons (Fsp3) is 1.00. The summed E-state index contributed by atoms with van der Waals surface area (Å²) >= 11 is 0. The van der Waals surface area contributed by atoms with Crippen LogP contribution in [0.3, 0.4) is 0 Å². The summed E-state index contributed by atoms with van der Waals surface area (Å²) in [5, 5.41) is 4.25. The minimum absolute atomic E-state index is 0.0586. The summed E-state index contributed by atoms with van der Waals surface area (Å²) in [6.07, 6.45) is 4.26. The lowest BCUT2D eigenvalue weighted by Gasteiger charge is -2.56. The van der Waals surface area contributed by atoms with Crippen molar-refractivity contribution in [3.05, 3.63) is 0 Å². The van der Waals surface area contributed by atoms with Crippen molar-refractivity contribution in [2.24, 2.45) is 0 Å². The SMILES string of the molecule is CCOC(C)(CC)C([SiH3])(CC)NC([SiH3])(CC)C(C)(CC)OCC. The molecule has 23 heavy (non-hydrogen) atoms. The van der Waals surface area contributed by atoms with Crippen molar-refractivity contribution in [1.29, 1.82) is 0 Å². The van der Waals surface area contributed by atoms with Crippen LogP contribution in [0.25, 0.3) is 0 Å². The average molecular weight is 362 g/mol. The average Bonchev–Trinajstić information content (AvgIpc) is 2.54. The maximum absolute atomic E-state index is 6.28. The van der Waals surface area contributed by atoms with E-state index in [1.807, 2.05) is 0 Å². The van der Waals surface area contributed by atoms with Crippen LogP contribution in [0.4, 0.5) is 0 Å². The second kappa shape index (κ2) is 9.13. The third kappa shape index (κ3) is 4.69. The van der Waals surface area contributed by atoms with E-state index < -0.39 is 0 Å². The number of rotatable bonds is 12. The molecule has 0 radical (unpaired) electrons. The van der Waals surface area contributed by atoms with Gasteiger partial charge in [0, 0.05) is 44.0 Å². The molecule has 0 spiro atoms. The Bertz CT molecular complexity index is 326. The number of ether oxygens (including phenoxy) is 2. The van der Waals surface area contributed by atoms with Crippen LogP contribution < -0.4 is 5.32 Å². The quantitative estimate of drug-likeness (QED) is 0.539.